The first-order valence-corrected chi connectivity index (χ1v) is 8.29. The molecule has 3 rings (SSSR count). The van der Waals surface area contributed by atoms with Crippen molar-refractivity contribution in [3.05, 3.63) is 58.8 Å². The summed E-state index contributed by atoms with van der Waals surface area (Å²) in [6.07, 6.45) is 2.14. The van der Waals surface area contributed by atoms with Gasteiger partial charge in [-0.3, -0.25) is 4.99 Å². The largest absolute Gasteiger partial charge is 0.466 e. The third-order valence-electron chi connectivity index (χ3n) is 4.70. The van der Waals surface area contributed by atoms with Crippen LogP contribution in [0.25, 0.3) is 0 Å². The number of nitrogens with one attached hydrogen (secondary N) is 2. The molecule has 0 spiro atoms. The molecule has 1 aliphatic rings. The van der Waals surface area contributed by atoms with Crippen molar-refractivity contribution in [1.29, 1.82) is 0 Å². The van der Waals surface area contributed by atoms with Crippen molar-refractivity contribution in [2.24, 2.45) is 4.99 Å². The number of aliphatic imine (C=N–C) groups is 1. The van der Waals surface area contributed by atoms with Gasteiger partial charge in [0.25, 0.3) is 0 Å². The van der Waals surface area contributed by atoms with Crippen LogP contribution < -0.4 is 10.6 Å². The molecule has 0 amide bonds. The second-order valence-electron chi connectivity index (χ2n) is 6.51. The molecule has 1 aromatic heterocycles. The summed E-state index contributed by atoms with van der Waals surface area (Å²) >= 11 is 0. The van der Waals surface area contributed by atoms with Gasteiger partial charge < -0.3 is 15.1 Å². The highest BCUT2D eigenvalue weighted by atomic mass is 127. The molecule has 0 bridgehead atoms. The van der Waals surface area contributed by atoms with Crippen molar-refractivity contribution in [3.63, 3.8) is 0 Å². The number of hydrogen-bond acceptors (Lipinski definition) is 2. The molecule has 1 heterocycles. The van der Waals surface area contributed by atoms with Gasteiger partial charge in [-0.15, -0.1) is 24.0 Å². The molecule has 0 atom stereocenters. The first-order valence-electron chi connectivity index (χ1n) is 8.29. The number of furan rings is 1. The standard InChI is InChI=1S/C19H24FN3O.HI/c1-13-9-15(14(2)24-13)11-22-18(21-3)23-12-19(7-8-19)16-5-4-6-17(20)10-16;/h4-6,9-10H,7-8,11-12H2,1-3H3,(H2,21,22,23);1H. The van der Waals surface area contributed by atoms with Crippen LogP contribution in [0.2, 0.25) is 0 Å². The SMILES string of the molecule is CN=C(NCc1cc(C)oc1C)NCC1(c2cccc(F)c2)CC1.I. The van der Waals surface area contributed by atoms with E-state index in [0.29, 0.717) is 6.54 Å². The van der Waals surface area contributed by atoms with Gasteiger partial charge in [0, 0.05) is 31.1 Å². The van der Waals surface area contributed by atoms with E-state index in [-0.39, 0.29) is 35.2 Å². The maximum absolute atomic E-state index is 13.5. The summed E-state index contributed by atoms with van der Waals surface area (Å²) < 4.78 is 19.0. The van der Waals surface area contributed by atoms with E-state index in [2.05, 4.69) is 15.6 Å². The van der Waals surface area contributed by atoms with E-state index >= 15 is 0 Å². The van der Waals surface area contributed by atoms with Crippen LogP contribution in [0, 0.1) is 19.7 Å². The summed E-state index contributed by atoms with van der Waals surface area (Å²) in [7, 11) is 1.75. The summed E-state index contributed by atoms with van der Waals surface area (Å²) in [6.45, 7) is 5.32. The number of halogens is 2. The number of aryl methyl sites for hydroxylation is 2. The van der Waals surface area contributed by atoms with Gasteiger partial charge in [-0.05, 0) is 50.5 Å². The van der Waals surface area contributed by atoms with Gasteiger partial charge in [0.1, 0.15) is 17.3 Å². The molecule has 1 saturated carbocycles. The third kappa shape index (κ3) is 4.74. The first-order chi connectivity index (χ1) is 11.5. The summed E-state index contributed by atoms with van der Waals surface area (Å²) in [5.74, 6) is 2.41. The fourth-order valence-electron chi connectivity index (χ4n) is 3.05. The minimum Gasteiger partial charge on any atom is -0.466 e. The van der Waals surface area contributed by atoms with Crippen molar-refractivity contribution >= 4 is 29.9 Å². The first kappa shape index (κ1) is 19.8. The minimum absolute atomic E-state index is 0. The predicted molar refractivity (Wildman–Crippen MR) is 109 cm³/mol. The predicted octanol–water partition coefficient (Wildman–Crippen LogP) is 4.05. The van der Waals surface area contributed by atoms with Crippen LogP contribution in [0.5, 0.6) is 0 Å². The van der Waals surface area contributed by atoms with Crippen molar-refractivity contribution in [3.8, 4) is 0 Å². The van der Waals surface area contributed by atoms with Crippen molar-refractivity contribution in [2.75, 3.05) is 13.6 Å². The Morgan fingerprint density at radius 2 is 2.00 bits per heavy atom. The van der Waals surface area contributed by atoms with Gasteiger partial charge >= 0.3 is 0 Å². The molecule has 0 radical (unpaired) electrons. The van der Waals surface area contributed by atoms with Crippen LogP contribution in [0.3, 0.4) is 0 Å². The lowest BCUT2D eigenvalue weighted by molar-refractivity contribution is 0.500. The Bertz CT molecular complexity index is 753. The Morgan fingerprint density at radius 1 is 1.24 bits per heavy atom. The molecule has 1 aliphatic carbocycles. The molecule has 0 unspecified atom stereocenters. The van der Waals surface area contributed by atoms with Crippen LogP contribution in [0.1, 0.15) is 35.5 Å². The number of rotatable bonds is 5. The number of benzene rings is 1. The van der Waals surface area contributed by atoms with E-state index < -0.39 is 0 Å². The molecule has 0 aliphatic heterocycles. The lowest BCUT2D eigenvalue weighted by Crippen LogP contribution is -2.40. The van der Waals surface area contributed by atoms with Gasteiger partial charge in [0.2, 0.25) is 0 Å². The van der Waals surface area contributed by atoms with E-state index in [1.807, 2.05) is 26.0 Å². The highest BCUT2D eigenvalue weighted by Crippen LogP contribution is 2.47. The van der Waals surface area contributed by atoms with Gasteiger partial charge in [0.05, 0.1) is 0 Å². The van der Waals surface area contributed by atoms with E-state index in [1.165, 1.54) is 6.07 Å². The lowest BCUT2D eigenvalue weighted by atomic mass is 9.96. The molecule has 136 valence electrons. The molecular formula is C19H25FIN3O. The van der Waals surface area contributed by atoms with Crippen molar-refractivity contribution in [1.82, 2.24) is 10.6 Å². The molecule has 2 aromatic rings. The monoisotopic (exact) mass is 457 g/mol. The van der Waals surface area contributed by atoms with E-state index in [9.17, 15) is 4.39 Å². The minimum atomic E-state index is -0.174. The molecule has 1 aromatic carbocycles. The maximum atomic E-state index is 13.5. The Morgan fingerprint density at radius 3 is 2.56 bits per heavy atom. The zero-order chi connectivity index (χ0) is 17.2. The average molecular weight is 457 g/mol. The zero-order valence-electron chi connectivity index (χ0n) is 14.9. The van der Waals surface area contributed by atoms with Crippen LogP contribution in [-0.4, -0.2) is 19.6 Å². The normalized spacial score (nSPS) is 15.4. The maximum Gasteiger partial charge on any atom is 0.191 e. The summed E-state index contributed by atoms with van der Waals surface area (Å²) in [6, 6.07) is 8.95. The van der Waals surface area contributed by atoms with E-state index in [1.54, 1.807) is 19.2 Å². The fraction of sp³-hybridized carbons (Fsp3) is 0.421. The fourth-order valence-corrected chi connectivity index (χ4v) is 3.05. The molecule has 4 nitrogen and oxygen atoms in total. The van der Waals surface area contributed by atoms with Gasteiger partial charge in [-0.1, -0.05) is 12.1 Å². The van der Waals surface area contributed by atoms with Crippen LogP contribution >= 0.6 is 24.0 Å². The molecule has 1 fully saturated rings. The molecule has 25 heavy (non-hydrogen) atoms. The van der Waals surface area contributed by atoms with Crippen LogP contribution in [0.4, 0.5) is 4.39 Å². The average Bonchev–Trinajstić information content (AvgIpc) is 3.28. The summed E-state index contributed by atoms with van der Waals surface area (Å²) in [4.78, 5) is 4.27. The second kappa shape index (κ2) is 8.21. The Labute approximate surface area is 165 Å². The number of nitrogens with zero attached hydrogens (tertiary/aromatic N) is 1. The second-order valence-corrected chi connectivity index (χ2v) is 6.51. The van der Waals surface area contributed by atoms with E-state index in [0.717, 1.165) is 48.0 Å². The van der Waals surface area contributed by atoms with Crippen LogP contribution in [0.15, 0.2) is 39.7 Å². The van der Waals surface area contributed by atoms with Crippen molar-refractivity contribution in [2.45, 2.75) is 38.6 Å². The summed E-state index contributed by atoms with van der Waals surface area (Å²) in [5.41, 5.74) is 2.22. The lowest BCUT2D eigenvalue weighted by Gasteiger charge is -2.19. The topological polar surface area (TPSA) is 49.6 Å². The third-order valence-corrected chi connectivity index (χ3v) is 4.70. The smallest absolute Gasteiger partial charge is 0.191 e. The Kier molecular flexibility index (Phi) is 6.48. The number of guanidine groups is 1. The molecular weight excluding hydrogens is 432 g/mol. The molecule has 2 N–H and O–H groups in total. The van der Waals surface area contributed by atoms with Gasteiger partial charge in [0.15, 0.2) is 5.96 Å². The number of hydrogen-bond donors (Lipinski definition) is 2. The Hall–Kier alpha value is -1.57. The highest BCUT2D eigenvalue weighted by Gasteiger charge is 2.44. The highest BCUT2D eigenvalue weighted by molar-refractivity contribution is 14.0. The Balaban J connectivity index is 0.00000225. The molecule has 6 heteroatoms. The van der Waals surface area contributed by atoms with E-state index in [4.69, 9.17) is 4.42 Å². The van der Waals surface area contributed by atoms with Gasteiger partial charge in [-0.25, -0.2) is 4.39 Å². The zero-order valence-corrected chi connectivity index (χ0v) is 17.2. The molecule has 0 saturated heterocycles. The summed E-state index contributed by atoms with van der Waals surface area (Å²) in [5, 5.41) is 6.68. The van der Waals surface area contributed by atoms with Gasteiger partial charge in [-0.2, -0.15) is 0 Å². The van der Waals surface area contributed by atoms with Crippen molar-refractivity contribution < 1.29 is 8.81 Å². The van der Waals surface area contributed by atoms with Crippen LogP contribution in [-0.2, 0) is 12.0 Å². The quantitative estimate of drug-likeness (QED) is 0.405.